The Bertz CT molecular complexity index is 1240. The van der Waals surface area contributed by atoms with Crippen LogP contribution >= 0.6 is 11.3 Å². The number of aromatic hydroxyl groups is 1. The Morgan fingerprint density at radius 3 is 2.68 bits per heavy atom. The molecule has 0 radical (unpaired) electrons. The van der Waals surface area contributed by atoms with E-state index in [0.29, 0.717) is 34.2 Å². The van der Waals surface area contributed by atoms with Crippen LogP contribution in [0.25, 0.3) is 21.8 Å². The minimum absolute atomic E-state index is 0.0296. The lowest BCUT2D eigenvalue weighted by Crippen LogP contribution is -2.52. The van der Waals surface area contributed by atoms with E-state index < -0.39 is 6.17 Å². The van der Waals surface area contributed by atoms with Crippen molar-refractivity contribution in [2.45, 2.75) is 63.2 Å². The molecule has 0 unspecified atom stereocenters. The number of nitriles is 1. The SMILES string of the molecule is N#Cc1ncc(-c2ccc(-c3ncc(N(C4CC4)[C@@H]4C[C@H]5CCC[C@H](C5)[C@@H]4F)nn3)c(O)c2)s1. The largest absolute Gasteiger partial charge is 0.507 e. The van der Waals surface area contributed by atoms with Crippen molar-refractivity contribution in [2.24, 2.45) is 11.8 Å². The summed E-state index contributed by atoms with van der Waals surface area (Å²) in [6.07, 6.45) is 9.81. The van der Waals surface area contributed by atoms with Gasteiger partial charge in [0.25, 0.3) is 0 Å². The first-order chi connectivity index (χ1) is 16.6. The Hall–Kier alpha value is -3.12. The molecule has 7 nitrogen and oxygen atoms in total. The van der Waals surface area contributed by atoms with E-state index in [-0.39, 0.29) is 17.7 Å². The number of fused-ring (bicyclic) bond motifs is 2. The van der Waals surface area contributed by atoms with E-state index in [1.165, 1.54) is 17.8 Å². The van der Waals surface area contributed by atoms with Gasteiger partial charge in [-0.15, -0.1) is 21.5 Å². The average molecular weight is 477 g/mol. The Morgan fingerprint density at radius 1 is 1.09 bits per heavy atom. The fourth-order valence-corrected chi connectivity index (χ4v) is 6.42. The first-order valence-corrected chi connectivity index (χ1v) is 12.7. The van der Waals surface area contributed by atoms with Crippen molar-refractivity contribution in [2.75, 3.05) is 4.90 Å². The maximum atomic E-state index is 15.5. The molecule has 3 aromatic rings. The van der Waals surface area contributed by atoms with Gasteiger partial charge in [0.05, 0.1) is 22.7 Å². The summed E-state index contributed by atoms with van der Waals surface area (Å²) in [7, 11) is 0. The third-order valence-corrected chi connectivity index (χ3v) is 8.40. The number of thiazole rings is 1. The van der Waals surface area contributed by atoms with Crippen LogP contribution in [-0.4, -0.2) is 43.5 Å². The van der Waals surface area contributed by atoms with Crippen LogP contribution < -0.4 is 4.90 Å². The van der Waals surface area contributed by atoms with Crippen LogP contribution in [0.1, 0.15) is 50.0 Å². The highest BCUT2D eigenvalue weighted by Crippen LogP contribution is 2.46. The van der Waals surface area contributed by atoms with E-state index in [4.69, 9.17) is 5.26 Å². The second kappa shape index (κ2) is 8.58. The van der Waals surface area contributed by atoms with E-state index in [1.54, 1.807) is 24.5 Å². The summed E-state index contributed by atoms with van der Waals surface area (Å²) in [5, 5.41) is 28.8. The van der Waals surface area contributed by atoms with Crippen molar-refractivity contribution in [3.8, 4) is 33.6 Å². The zero-order valence-corrected chi connectivity index (χ0v) is 19.5. The molecule has 1 aromatic carbocycles. The number of hydrogen-bond acceptors (Lipinski definition) is 8. The Balaban J connectivity index is 1.25. The van der Waals surface area contributed by atoms with Gasteiger partial charge in [0, 0.05) is 12.2 Å². The highest BCUT2D eigenvalue weighted by molar-refractivity contribution is 7.15. The molecule has 1 N–H and O–H groups in total. The van der Waals surface area contributed by atoms with Crippen molar-refractivity contribution in [1.29, 1.82) is 5.26 Å². The summed E-state index contributed by atoms with van der Waals surface area (Å²) in [4.78, 5) is 11.5. The Morgan fingerprint density at radius 2 is 1.97 bits per heavy atom. The Labute approximate surface area is 201 Å². The van der Waals surface area contributed by atoms with Gasteiger partial charge in [-0.05, 0) is 61.6 Å². The minimum atomic E-state index is -0.830. The van der Waals surface area contributed by atoms with Crippen molar-refractivity contribution < 1.29 is 9.50 Å². The van der Waals surface area contributed by atoms with E-state index in [2.05, 4.69) is 25.1 Å². The van der Waals surface area contributed by atoms with Crippen LogP contribution in [0, 0.1) is 23.2 Å². The van der Waals surface area contributed by atoms with Gasteiger partial charge in [0.15, 0.2) is 16.6 Å². The van der Waals surface area contributed by atoms with E-state index in [1.807, 2.05) is 12.1 Å². The Kier molecular flexibility index (Phi) is 5.41. The molecule has 3 aliphatic carbocycles. The molecule has 2 aromatic heterocycles. The topological polar surface area (TPSA) is 98.8 Å². The van der Waals surface area contributed by atoms with E-state index in [0.717, 1.165) is 49.0 Å². The molecular formula is C25H25FN6OS. The van der Waals surface area contributed by atoms with Crippen LogP contribution in [0.3, 0.4) is 0 Å². The molecule has 0 saturated heterocycles. The molecule has 2 heterocycles. The fourth-order valence-electron chi connectivity index (χ4n) is 5.71. The molecule has 2 bridgehead atoms. The number of nitrogens with zero attached hydrogens (tertiary/aromatic N) is 6. The molecule has 6 rings (SSSR count). The van der Waals surface area contributed by atoms with Gasteiger partial charge in [-0.1, -0.05) is 18.9 Å². The number of alkyl halides is 1. The highest BCUT2D eigenvalue weighted by Gasteiger charge is 2.46. The van der Waals surface area contributed by atoms with Gasteiger partial charge < -0.3 is 10.0 Å². The predicted octanol–water partition coefficient (Wildman–Crippen LogP) is 5.12. The molecule has 174 valence electrons. The molecule has 9 heteroatoms. The van der Waals surface area contributed by atoms with E-state index in [9.17, 15) is 5.11 Å². The number of rotatable bonds is 5. The molecule has 34 heavy (non-hydrogen) atoms. The van der Waals surface area contributed by atoms with Gasteiger partial charge in [-0.25, -0.2) is 14.4 Å². The summed E-state index contributed by atoms with van der Waals surface area (Å²) in [5.41, 5.74) is 1.24. The van der Waals surface area contributed by atoms with Crippen molar-refractivity contribution >= 4 is 17.2 Å². The zero-order valence-electron chi connectivity index (χ0n) is 18.6. The molecule has 0 spiro atoms. The monoisotopic (exact) mass is 476 g/mol. The fraction of sp³-hybridized carbons (Fsp3) is 0.480. The smallest absolute Gasteiger partial charge is 0.194 e. The lowest BCUT2D eigenvalue weighted by Gasteiger charge is -2.46. The summed E-state index contributed by atoms with van der Waals surface area (Å²) >= 11 is 1.27. The maximum absolute atomic E-state index is 15.5. The normalized spacial score (nSPS) is 26.1. The minimum Gasteiger partial charge on any atom is -0.507 e. The molecule has 3 saturated carbocycles. The highest BCUT2D eigenvalue weighted by atomic mass is 32.1. The van der Waals surface area contributed by atoms with Crippen LogP contribution in [-0.2, 0) is 0 Å². The second-order valence-corrected chi connectivity index (χ2v) is 10.7. The van der Waals surface area contributed by atoms with Crippen molar-refractivity contribution in [3.05, 3.63) is 35.6 Å². The summed E-state index contributed by atoms with van der Waals surface area (Å²) in [6, 6.07) is 7.39. The van der Waals surface area contributed by atoms with Crippen LogP contribution in [0.5, 0.6) is 5.75 Å². The quantitative estimate of drug-likeness (QED) is 0.545. The zero-order chi connectivity index (χ0) is 23.2. The van der Waals surface area contributed by atoms with Gasteiger partial charge in [-0.3, -0.25) is 0 Å². The van der Waals surface area contributed by atoms with Gasteiger partial charge in [0.2, 0.25) is 0 Å². The number of halogens is 1. The lowest BCUT2D eigenvalue weighted by atomic mass is 9.69. The number of phenols is 1. The van der Waals surface area contributed by atoms with Gasteiger partial charge >= 0.3 is 0 Å². The third-order valence-electron chi connectivity index (χ3n) is 7.45. The molecule has 3 fully saturated rings. The number of phenolic OH excluding ortho intramolecular Hbond substituents is 1. The summed E-state index contributed by atoms with van der Waals surface area (Å²) in [5.74, 6) is 1.75. The molecular weight excluding hydrogens is 451 g/mol. The molecule has 3 aliphatic rings. The lowest BCUT2D eigenvalue weighted by molar-refractivity contribution is 0.0631. The van der Waals surface area contributed by atoms with Gasteiger partial charge in [0.1, 0.15) is 18.0 Å². The summed E-state index contributed by atoms with van der Waals surface area (Å²) in [6.45, 7) is 0. The second-order valence-electron chi connectivity index (χ2n) is 9.69. The van der Waals surface area contributed by atoms with Crippen LogP contribution in [0.4, 0.5) is 10.2 Å². The summed E-state index contributed by atoms with van der Waals surface area (Å²) < 4.78 is 15.5. The van der Waals surface area contributed by atoms with Crippen molar-refractivity contribution in [3.63, 3.8) is 0 Å². The first kappa shape index (κ1) is 21.4. The number of benzene rings is 1. The van der Waals surface area contributed by atoms with Crippen LogP contribution in [0.2, 0.25) is 0 Å². The molecule has 4 atom stereocenters. The average Bonchev–Trinajstić information content (AvgIpc) is 3.57. The molecule has 0 amide bonds. The van der Waals surface area contributed by atoms with Crippen molar-refractivity contribution in [1.82, 2.24) is 20.2 Å². The predicted molar refractivity (Wildman–Crippen MR) is 127 cm³/mol. The third kappa shape index (κ3) is 3.90. The standard InChI is InChI=1S/C25H25FN6OS/c26-24-16-3-1-2-14(8-16)9-19(24)32(17-5-6-17)22-13-29-25(31-30-22)18-7-4-15(10-20(18)33)21-12-28-23(11-27)34-21/h4,7,10,12-14,16-17,19,24,33H,1-3,5-6,8-9H2/t14-,16+,19+,24-/m0/s1. The van der Waals surface area contributed by atoms with Gasteiger partial charge in [-0.2, -0.15) is 5.26 Å². The van der Waals surface area contributed by atoms with Crippen LogP contribution in [0.15, 0.2) is 30.6 Å². The maximum Gasteiger partial charge on any atom is 0.194 e. The van der Waals surface area contributed by atoms with E-state index >= 15 is 4.39 Å². The first-order valence-electron chi connectivity index (χ1n) is 11.9. The number of anilines is 1. The molecule has 0 aliphatic heterocycles. The number of hydrogen-bond donors (Lipinski definition) is 1. The number of aromatic nitrogens is 4.